The Hall–Kier alpha value is -1.10. The van der Waals surface area contributed by atoms with Crippen molar-refractivity contribution in [2.24, 2.45) is 11.8 Å². The number of hydrogen-bond acceptors (Lipinski definition) is 3. The molecule has 18 heavy (non-hydrogen) atoms. The monoisotopic (exact) mass is 259 g/mol. The van der Waals surface area contributed by atoms with Crippen molar-refractivity contribution in [3.63, 3.8) is 0 Å². The number of carbonyl (C=O) groups is 2. The van der Waals surface area contributed by atoms with Crippen LogP contribution < -0.4 is 5.32 Å². The first-order valence-electron chi connectivity index (χ1n) is 6.32. The fraction of sp³-hybridized carbons (Fsp3) is 0.846. The van der Waals surface area contributed by atoms with Crippen LogP contribution in [0.15, 0.2) is 0 Å². The predicted molar refractivity (Wildman–Crippen MR) is 69.3 cm³/mol. The van der Waals surface area contributed by atoms with Crippen LogP contribution in [0, 0.1) is 11.8 Å². The Labute approximate surface area is 109 Å². The molecule has 0 aromatic heterocycles. The van der Waals surface area contributed by atoms with Gasteiger partial charge in [-0.15, -0.1) is 0 Å². The SMILES string of the molecule is CCCC(C(=O)NC(C)(COC)C(=O)O)C(C)C. The zero-order valence-corrected chi connectivity index (χ0v) is 11.9. The first-order valence-corrected chi connectivity index (χ1v) is 6.32. The average molecular weight is 259 g/mol. The zero-order chi connectivity index (χ0) is 14.3. The molecule has 0 saturated carbocycles. The average Bonchev–Trinajstić information content (AvgIpc) is 2.25. The molecule has 0 aliphatic heterocycles. The minimum Gasteiger partial charge on any atom is -0.479 e. The fourth-order valence-corrected chi connectivity index (χ4v) is 1.88. The zero-order valence-electron chi connectivity index (χ0n) is 11.9. The third kappa shape index (κ3) is 4.64. The van der Waals surface area contributed by atoms with E-state index in [1.54, 1.807) is 0 Å². The van der Waals surface area contributed by atoms with Crippen molar-refractivity contribution in [1.29, 1.82) is 0 Å². The summed E-state index contributed by atoms with van der Waals surface area (Å²) in [7, 11) is 1.42. The van der Waals surface area contributed by atoms with E-state index in [2.05, 4.69) is 5.32 Å². The highest BCUT2D eigenvalue weighted by Crippen LogP contribution is 2.19. The highest BCUT2D eigenvalue weighted by molar-refractivity contribution is 5.88. The van der Waals surface area contributed by atoms with Gasteiger partial charge in [0, 0.05) is 13.0 Å². The lowest BCUT2D eigenvalue weighted by molar-refractivity contribution is -0.150. The number of amides is 1. The van der Waals surface area contributed by atoms with Gasteiger partial charge < -0.3 is 15.2 Å². The van der Waals surface area contributed by atoms with E-state index >= 15 is 0 Å². The van der Waals surface area contributed by atoms with Gasteiger partial charge in [0.05, 0.1) is 6.61 Å². The Kier molecular flexibility index (Phi) is 6.91. The van der Waals surface area contributed by atoms with Crippen molar-refractivity contribution in [3.8, 4) is 0 Å². The second-order valence-electron chi connectivity index (χ2n) is 5.20. The van der Waals surface area contributed by atoms with Gasteiger partial charge in [0.1, 0.15) is 0 Å². The predicted octanol–water partition coefficient (Wildman–Crippen LogP) is 1.66. The summed E-state index contributed by atoms with van der Waals surface area (Å²) in [4.78, 5) is 23.3. The number of carboxylic acids is 1. The van der Waals surface area contributed by atoms with Crippen molar-refractivity contribution in [2.75, 3.05) is 13.7 Å². The normalized spacial score (nSPS) is 16.1. The van der Waals surface area contributed by atoms with Crippen LogP contribution in [0.3, 0.4) is 0 Å². The van der Waals surface area contributed by atoms with Crippen LogP contribution in [-0.4, -0.2) is 36.2 Å². The number of hydrogen-bond donors (Lipinski definition) is 2. The number of nitrogens with one attached hydrogen (secondary N) is 1. The Morgan fingerprint density at radius 2 is 1.94 bits per heavy atom. The molecule has 0 radical (unpaired) electrons. The van der Waals surface area contributed by atoms with Crippen LogP contribution in [0.2, 0.25) is 0 Å². The summed E-state index contributed by atoms with van der Waals surface area (Å²) in [6.07, 6.45) is 1.65. The molecule has 2 unspecified atom stereocenters. The minimum absolute atomic E-state index is 0.0506. The molecule has 106 valence electrons. The molecule has 0 saturated heterocycles. The number of ether oxygens (including phenoxy) is 1. The highest BCUT2D eigenvalue weighted by Gasteiger charge is 2.37. The largest absolute Gasteiger partial charge is 0.479 e. The molecule has 5 heteroatoms. The maximum Gasteiger partial charge on any atom is 0.331 e. The molecule has 0 bridgehead atoms. The molecule has 1 amide bonds. The molecule has 0 fully saturated rings. The number of methoxy groups -OCH3 is 1. The Morgan fingerprint density at radius 3 is 2.28 bits per heavy atom. The minimum atomic E-state index is -1.37. The summed E-state index contributed by atoms with van der Waals surface area (Å²) < 4.78 is 4.87. The number of rotatable bonds is 8. The molecule has 0 aromatic carbocycles. The molecule has 0 heterocycles. The van der Waals surface area contributed by atoms with E-state index < -0.39 is 11.5 Å². The summed E-state index contributed by atoms with van der Waals surface area (Å²) in [6.45, 7) is 7.35. The van der Waals surface area contributed by atoms with E-state index in [-0.39, 0.29) is 24.3 Å². The van der Waals surface area contributed by atoms with Crippen LogP contribution >= 0.6 is 0 Å². The van der Waals surface area contributed by atoms with Gasteiger partial charge in [-0.1, -0.05) is 27.2 Å². The molecule has 0 aliphatic rings. The van der Waals surface area contributed by atoms with Crippen molar-refractivity contribution in [1.82, 2.24) is 5.32 Å². The summed E-state index contributed by atoms with van der Waals surface area (Å²) in [5, 5.41) is 11.8. The topological polar surface area (TPSA) is 75.6 Å². The van der Waals surface area contributed by atoms with Gasteiger partial charge in [0.25, 0.3) is 0 Å². The van der Waals surface area contributed by atoms with E-state index in [1.807, 2.05) is 20.8 Å². The van der Waals surface area contributed by atoms with E-state index in [4.69, 9.17) is 9.84 Å². The molecule has 0 aliphatic carbocycles. The lowest BCUT2D eigenvalue weighted by Crippen LogP contribution is -2.57. The fourth-order valence-electron chi connectivity index (χ4n) is 1.88. The summed E-state index contributed by atoms with van der Waals surface area (Å²) >= 11 is 0. The Balaban J connectivity index is 4.81. The molecule has 0 rings (SSSR count). The lowest BCUT2D eigenvalue weighted by Gasteiger charge is -2.29. The number of carbonyl (C=O) groups excluding carboxylic acids is 1. The van der Waals surface area contributed by atoms with Gasteiger partial charge >= 0.3 is 5.97 Å². The lowest BCUT2D eigenvalue weighted by atomic mass is 9.89. The number of carboxylic acid groups (broad SMARTS) is 1. The quantitative estimate of drug-likeness (QED) is 0.695. The molecule has 2 N–H and O–H groups in total. The van der Waals surface area contributed by atoms with Crippen LogP contribution in [-0.2, 0) is 14.3 Å². The summed E-state index contributed by atoms with van der Waals surface area (Å²) in [5.74, 6) is -1.28. The maximum atomic E-state index is 12.1. The van der Waals surface area contributed by atoms with Gasteiger partial charge in [-0.2, -0.15) is 0 Å². The van der Waals surface area contributed by atoms with Crippen LogP contribution in [0.4, 0.5) is 0 Å². The third-order valence-electron chi connectivity index (χ3n) is 3.05. The maximum absolute atomic E-state index is 12.1. The van der Waals surface area contributed by atoms with Gasteiger partial charge in [-0.25, -0.2) is 4.79 Å². The van der Waals surface area contributed by atoms with E-state index in [0.29, 0.717) is 0 Å². The number of aliphatic carboxylic acids is 1. The van der Waals surface area contributed by atoms with Crippen LogP contribution in [0.5, 0.6) is 0 Å². The smallest absolute Gasteiger partial charge is 0.331 e. The van der Waals surface area contributed by atoms with Gasteiger partial charge in [0.15, 0.2) is 5.54 Å². The van der Waals surface area contributed by atoms with Crippen molar-refractivity contribution >= 4 is 11.9 Å². The second kappa shape index (κ2) is 7.36. The molecular formula is C13H25NO4. The first kappa shape index (κ1) is 16.9. The highest BCUT2D eigenvalue weighted by atomic mass is 16.5. The first-order chi connectivity index (χ1) is 8.28. The molecule has 0 aromatic rings. The molecular weight excluding hydrogens is 234 g/mol. The molecule has 0 spiro atoms. The molecule has 5 nitrogen and oxygen atoms in total. The van der Waals surface area contributed by atoms with Crippen molar-refractivity contribution in [3.05, 3.63) is 0 Å². The Bertz CT molecular complexity index is 291. The third-order valence-corrected chi connectivity index (χ3v) is 3.05. The van der Waals surface area contributed by atoms with Crippen molar-refractivity contribution in [2.45, 2.75) is 46.1 Å². The van der Waals surface area contributed by atoms with Gasteiger partial charge in [0.2, 0.25) is 5.91 Å². The van der Waals surface area contributed by atoms with Crippen LogP contribution in [0.1, 0.15) is 40.5 Å². The summed E-state index contributed by atoms with van der Waals surface area (Å²) in [6, 6.07) is 0. The van der Waals surface area contributed by atoms with Crippen molar-refractivity contribution < 1.29 is 19.4 Å². The van der Waals surface area contributed by atoms with Crippen LogP contribution in [0.25, 0.3) is 0 Å². The standard InChI is InChI=1S/C13H25NO4/c1-6-7-10(9(2)3)11(15)14-13(4,8-18-5)12(16)17/h9-10H,6-8H2,1-5H3,(H,14,15)(H,16,17). The molecule has 2 atom stereocenters. The van der Waals surface area contributed by atoms with E-state index in [0.717, 1.165) is 12.8 Å². The Morgan fingerprint density at radius 1 is 1.39 bits per heavy atom. The van der Waals surface area contributed by atoms with E-state index in [1.165, 1.54) is 14.0 Å². The van der Waals surface area contributed by atoms with Gasteiger partial charge in [-0.05, 0) is 19.3 Å². The second-order valence-corrected chi connectivity index (χ2v) is 5.20. The van der Waals surface area contributed by atoms with Gasteiger partial charge in [-0.3, -0.25) is 4.79 Å². The van der Waals surface area contributed by atoms with E-state index in [9.17, 15) is 9.59 Å². The summed E-state index contributed by atoms with van der Waals surface area (Å²) in [5.41, 5.74) is -1.37.